The number of carbonyl (C=O) groups is 2. The highest BCUT2D eigenvalue weighted by molar-refractivity contribution is 5.76. The Labute approximate surface area is 210 Å². The van der Waals surface area contributed by atoms with Gasteiger partial charge in [-0.25, -0.2) is 0 Å². The summed E-state index contributed by atoms with van der Waals surface area (Å²) in [7, 11) is 1.71. The van der Waals surface area contributed by atoms with Crippen LogP contribution >= 0.6 is 0 Å². The lowest BCUT2D eigenvalue weighted by Gasteiger charge is -2.42. The van der Waals surface area contributed by atoms with Gasteiger partial charge < -0.3 is 24.3 Å². The number of amides is 1. The van der Waals surface area contributed by atoms with Gasteiger partial charge in [0.25, 0.3) is 0 Å². The molecule has 4 unspecified atom stereocenters. The van der Waals surface area contributed by atoms with E-state index in [1.807, 2.05) is 6.92 Å². The van der Waals surface area contributed by atoms with E-state index in [1.165, 1.54) is 5.57 Å². The van der Waals surface area contributed by atoms with Gasteiger partial charge in [0.15, 0.2) is 0 Å². The van der Waals surface area contributed by atoms with Crippen LogP contribution in [0.25, 0.3) is 0 Å². The second-order valence-electron chi connectivity index (χ2n) is 11.6. The molecule has 4 aliphatic rings. The summed E-state index contributed by atoms with van der Waals surface area (Å²) in [5.41, 5.74) is 0.754. The van der Waals surface area contributed by atoms with Crippen molar-refractivity contribution in [3.63, 3.8) is 0 Å². The standard InChI is InChI=1S/C28H45NO6/c1-6-7-23(30)29-20-11-9-19(10-12-20)16-24(31)34-21-14-15-28(17-33-28)26(25(21)32-5)27(4)22(35-27)13-8-18(2)3/h8,19-22,25-26H,6-7,9-17H2,1-5H3,(H,29,30)/t19?,20?,21?,22-,25?,26?,27?,28+/m1/s1. The van der Waals surface area contributed by atoms with E-state index in [9.17, 15) is 9.59 Å². The summed E-state index contributed by atoms with van der Waals surface area (Å²) in [5, 5.41) is 3.13. The van der Waals surface area contributed by atoms with Gasteiger partial charge in [-0.15, -0.1) is 0 Å². The summed E-state index contributed by atoms with van der Waals surface area (Å²) in [4.78, 5) is 24.8. The van der Waals surface area contributed by atoms with Crippen LogP contribution in [0.1, 0.15) is 91.9 Å². The molecule has 0 aromatic heterocycles. The molecule has 2 heterocycles. The lowest BCUT2D eigenvalue weighted by molar-refractivity contribution is -0.173. The van der Waals surface area contributed by atoms with Gasteiger partial charge in [0.2, 0.25) is 5.91 Å². The molecule has 2 saturated carbocycles. The fourth-order valence-electron chi connectivity index (χ4n) is 6.56. The van der Waals surface area contributed by atoms with Crippen molar-refractivity contribution < 1.29 is 28.5 Å². The zero-order valence-electron chi connectivity index (χ0n) is 22.3. The number of carbonyl (C=O) groups excluding carboxylic acids is 2. The molecule has 2 aliphatic heterocycles. The third-order valence-electron chi connectivity index (χ3n) is 8.66. The quantitative estimate of drug-likeness (QED) is 0.275. The molecule has 0 aromatic carbocycles. The molecule has 35 heavy (non-hydrogen) atoms. The smallest absolute Gasteiger partial charge is 0.306 e. The normalized spacial score (nSPS) is 40.1. The second kappa shape index (κ2) is 10.9. The minimum Gasteiger partial charge on any atom is -0.460 e. The first-order valence-electron chi connectivity index (χ1n) is 13.7. The molecule has 4 fully saturated rings. The molecule has 198 valence electrons. The summed E-state index contributed by atoms with van der Waals surface area (Å²) < 4.78 is 24.3. The summed E-state index contributed by atoms with van der Waals surface area (Å²) in [6, 6.07) is 0.242. The number of methoxy groups -OCH3 is 1. The highest BCUT2D eigenvalue weighted by Gasteiger charge is 2.72. The Hall–Kier alpha value is -1.44. The molecule has 4 rings (SSSR count). The van der Waals surface area contributed by atoms with E-state index in [4.69, 9.17) is 18.9 Å². The van der Waals surface area contributed by atoms with Crippen LogP contribution in [0, 0.1) is 11.8 Å². The molecule has 7 heteroatoms. The van der Waals surface area contributed by atoms with Crippen molar-refractivity contribution in [1.82, 2.24) is 5.32 Å². The van der Waals surface area contributed by atoms with E-state index >= 15 is 0 Å². The maximum Gasteiger partial charge on any atom is 0.306 e. The van der Waals surface area contributed by atoms with Crippen molar-refractivity contribution in [1.29, 1.82) is 0 Å². The Morgan fingerprint density at radius 3 is 2.46 bits per heavy atom. The van der Waals surface area contributed by atoms with E-state index in [0.29, 0.717) is 18.8 Å². The Kier molecular flexibility index (Phi) is 8.29. The van der Waals surface area contributed by atoms with Gasteiger partial charge in [-0.1, -0.05) is 18.6 Å². The van der Waals surface area contributed by atoms with E-state index in [2.05, 4.69) is 32.2 Å². The molecule has 0 aromatic rings. The summed E-state index contributed by atoms with van der Waals surface area (Å²) >= 11 is 0. The number of epoxide rings is 2. The number of allylic oxidation sites excluding steroid dienone is 1. The fraction of sp³-hybridized carbons (Fsp3) is 0.857. The molecule has 2 saturated heterocycles. The number of rotatable bonds is 10. The molecule has 7 nitrogen and oxygen atoms in total. The molecule has 1 N–H and O–H groups in total. The van der Waals surface area contributed by atoms with Crippen LogP contribution in [0.4, 0.5) is 0 Å². The van der Waals surface area contributed by atoms with Gasteiger partial charge in [-0.2, -0.15) is 0 Å². The van der Waals surface area contributed by atoms with E-state index in [1.54, 1.807) is 7.11 Å². The van der Waals surface area contributed by atoms with Crippen LogP contribution in [-0.2, 0) is 28.5 Å². The molecule has 6 atom stereocenters. The summed E-state index contributed by atoms with van der Waals surface area (Å²) in [6.07, 6.45) is 10.0. The van der Waals surface area contributed by atoms with Gasteiger partial charge in [-0.05, 0) is 78.1 Å². The van der Waals surface area contributed by atoms with Crippen molar-refractivity contribution in [2.75, 3.05) is 13.7 Å². The van der Waals surface area contributed by atoms with Crippen molar-refractivity contribution in [3.8, 4) is 0 Å². The first-order chi connectivity index (χ1) is 16.7. The van der Waals surface area contributed by atoms with Gasteiger partial charge in [-0.3, -0.25) is 9.59 Å². The number of hydrogen-bond donors (Lipinski definition) is 1. The third kappa shape index (κ3) is 6.11. The maximum absolute atomic E-state index is 13.0. The molecular weight excluding hydrogens is 446 g/mol. The van der Waals surface area contributed by atoms with Crippen molar-refractivity contribution in [2.24, 2.45) is 11.8 Å². The summed E-state index contributed by atoms with van der Waals surface area (Å²) in [6.45, 7) is 9.12. The van der Waals surface area contributed by atoms with Crippen LogP contribution in [0.5, 0.6) is 0 Å². The first kappa shape index (κ1) is 26.6. The highest BCUT2D eigenvalue weighted by Crippen LogP contribution is 2.59. The molecule has 2 aliphatic carbocycles. The van der Waals surface area contributed by atoms with Gasteiger partial charge in [0, 0.05) is 26.0 Å². The molecule has 1 spiro atoms. The van der Waals surface area contributed by atoms with Crippen LogP contribution < -0.4 is 5.32 Å². The fourth-order valence-corrected chi connectivity index (χ4v) is 6.56. The molecule has 1 amide bonds. The van der Waals surface area contributed by atoms with Gasteiger partial charge in [0.05, 0.1) is 18.6 Å². The average Bonchev–Trinajstić information content (AvgIpc) is 3.72. The topological polar surface area (TPSA) is 89.7 Å². The van der Waals surface area contributed by atoms with Crippen molar-refractivity contribution in [3.05, 3.63) is 11.6 Å². The third-order valence-corrected chi connectivity index (χ3v) is 8.66. The van der Waals surface area contributed by atoms with E-state index in [0.717, 1.165) is 58.0 Å². The van der Waals surface area contributed by atoms with Gasteiger partial charge in [0.1, 0.15) is 23.4 Å². The Bertz CT molecular complexity index is 795. The van der Waals surface area contributed by atoms with Crippen LogP contribution in [0.15, 0.2) is 11.6 Å². The lowest BCUT2D eigenvalue weighted by Crippen LogP contribution is -2.55. The maximum atomic E-state index is 13.0. The number of hydrogen-bond acceptors (Lipinski definition) is 6. The van der Waals surface area contributed by atoms with Crippen LogP contribution in [0.3, 0.4) is 0 Å². The van der Waals surface area contributed by atoms with Crippen molar-refractivity contribution >= 4 is 11.9 Å². The predicted octanol–water partition coefficient (Wildman–Crippen LogP) is 4.47. The monoisotopic (exact) mass is 491 g/mol. The highest BCUT2D eigenvalue weighted by atomic mass is 16.6. The Morgan fingerprint density at radius 1 is 1.14 bits per heavy atom. The Balaban J connectivity index is 1.30. The number of nitrogens with one attached hydrogen (secondary N) is 1. The summed E-state index contributed by atoms with van der Waals surface area (Å²) in [5.74, 6) is 0.369. The molecular formula is C28H45NO6. The van der Waals surface area contributed by atoms with Crippen LogP contribution in [-0.4, -0.2) is 61.1 Å². The second-order valence-corrected chi connectivity index (χ2v) is 11.6. The largest absolute Gasteiger partial charge is 0.460 e. The minimum atomic E-state index is -0.325. The first-order valence-corrected chi connectivity index (χ1v) is 13.7. The average molecular weight is 492 g/mol. The number of esters is 1. The van der Waals surface area contributed by atoms with E-state index < -0.39 is 0 Å². The number of ether oxygens (including phenoxy) is 4. The zero-order valence-corrected chi connectivity index (χ0v) is 22.3. The van der Waals surface area contributed by atoms with Gasteiger partial charge >= 0.3 is 5.97 Å². The Morgan fingerprint density at radius 2 is 1.86 bits per heavy atom. The molecule has 0 radical (unpaired) electrons. The van der Waals surface area contributed by atoms with Crippen molar-refractivity contribution in [2.45, 2.75) is 127 Å². The zero-order chi connectivity index (χ0) is 25.2. The minimum absolute atomic E-state index is 0.0456. The molecule has 0 bridgehead atoms. The van der Waals surface area contributed by atoms with Crippen LogP contribution in [0.2, 0.25) is 0 Å². The van der Waals surface area contributed by atoms with E-state index in [-0.39, 0.29) is 53.4 Å². The SMILES string of the molecule is CCCC(=O)NC1CCC(CC(=O)OC2CC[C@]3(CO3)C(C3(C)O[C@@H]3CC=C(C)C)C2OC)CC1. The predicted molar refractivity (Wildman–Crippen MR) is 133 cm³/mol. The lowest BCUT2D eigenvalue weighted by atomic mass is 9.68.